The van der Waals surface area contributed by atoms with Crippen LogP contribution in [0.25, 0.3) is 0 Å². The third-order valence-corrected chi connectivity index (χ3v) is 2.95. The standard InChI is InChI=1S/C13H16O3.Mg/c14-12-9-5-4-8-11(12)13(15)16-10-6-2-1-3-7-10;/h4-5,8-10,14H,1-3,6-7H2;. The first-order chi connectivity index (χ1) is 7.77. The van der Waals surface area contributed by atoms with Crippen LogP contribution in [0.15, 0.2) is 24.3 Å². The largest absolute Gasteiger partial charge is 0.507 e. The van der Waals surface area contributed by atoms with E-state index in [1.165, 1.54) is 12.5 Å². The molecule has 1 aromatic carbocycles. The molecule has 0 aliphatic heterocycles. The van der Waals surface area contributed by atoms with Crippen molar-refractivity contribution in [3.63, 3.8) is 0 Å². The van der Waals surface area contributed by atoms with E-state index in [2.05, 4.69) is 0 Å². The van der Waals surface area contributed by atoms with Crippen LogP contribution < -0.4 is 0 Å². The second-order valence-corrected chi connectivity index (χ2v) is 4.18. The van der Waals surface area contributed by atoms with Gasteiger partial charge in [-0.3, -0.25) is 0 Å². The fourth-order valence-electron chi connectivity index (χ4n) is 2.04. The average Bonchev–Trinajstić information content (AvgIpc) is 2.31. The third-order valence-electron chi connectivity index (χ3n) is 2.95. The molecule has 0 amide bonds. The number of phenols is 1. The number of carbonyl (C=O) groups excluding carboxylic acids is 1. The van der Waals surface area contributed by atoms with E-state index in [1.807, 2.05) is 0 Å². The number of benzene rings is 1. The fraction of sp³-hybridized carbons (Fsp3) is 0.462. The Hall–Kier alpha value is -0.744. The van der Waals surface area contributed by atoms with E-state index < -0.39 is 5.97 Å². The average molecular weight is 245 g/mol. The number of para-hydroxylation sites is 1. The molecule has 17 heavy (non-hydrogen) atoms. The van der Waals surface area contributed by atoms with Crippen molar-refractivity contribution in [2.45, 2.75) is 38.2 Å². The SMILES string of the molecule is O=C(OC1CCCCC1)c1ccccc1O.[Mg]. The summed E-state index contributed by atoms with van der Waals surface area (Å²) in [6, 6.07) is 6.49. The van der Waals surface area contributed by atoms with Gasteiger partial charge in [-0.25, -0.2) is 4.79 Å². The molecule has 0 heterocycles. The molecule has 2 radical (unpaired) electrons. The highest BCUT2D eigenvalue weighted by Gasteiger charge is 2.20. The molecule has 1 aromatic rings. The maximum atomic E-state index is 11.8. The summed E-state index contributed by atoms with van der Waals surface area (Å²) in [7, 11) is 0. The van der Waals surface area contributed by atoms with Crippen molar-refractivity contribution < 1.29 is 14.6 Å². The van der Waals surface area contributed by atoms with Gasteiger partial charge in [0, 0.05) is 23.1 Å². The predicted octanol–water partition coefficient (Wildman–Crippen LogP) is 2.50. The minimum atomic E-state index is -0.412. The smallest absolute Gasteiger partial charge is 0.342 e. The van der Waals surface area contributed by atoms with Gasteiger partial charge in [0.25, 0.3) is 0 Å². The van der Waals surface area contributed by atoms with Crippen LogP contribution >= 0.6 is 0 Å². The van der Waals surface area contributed by atoms with Crippen molar-refractivity contribution in [2.75, 3.05) is 0 Å². The molecule has 1 N–H and O–H groups in total. The van der Waals surface area contributed by atoms with Crippen molar-refractivity contribution in [1.29, 1.82) is 0 Å². The molecule has 1 saturated carbocycles. The van der Waals surface area contributed by atoms with Gasteiger partial charge in [-0.2, -0.15) is 0 Å². The molecule has 1 aliphatic rings. The van der Waals surface area contributed by atoms with Gasteiger partial charge >= 0.3 is 5.97 Å². The van der Waals surface area contributed by atoms with Crippen LogP contribution in [0.2, 0.25) is 0 Å². The molecule has 0 bridgehead atoms. The summed E-state index contributed by atoms with van der Waals surface area (Å²) in [6.45, 7) is 0. The number of phenolic OH excluding ortho intramolecular Hbond substituents is 1. The molecule has 3 nitrogen and oxygen atoms in total. The van der Waals surface area contributed by atoms with Crippen molar-refractivity contribution in [3.8, 4) is 5.75 Å². The number of rotatable bonds is 2. The van der Waals surface area contributed by atoms with Crippen LogP contribution in [0.1, 0.15) is 42.5 Å². The first-order valence-corrected chi connectivity index (χ1v) is 5.76. The van der Waals surface area contributed by atoms with Gasteiger partial charge in [0.2, 0.25) is 0 Å². The van der Waals surface area contributed by atoms with Crippen LogP contribution in [-0.4, -0.2) is 40.2 Å². The number of hydrogen-bond donors (Lipinski definition) is 1. The second-order valence-electron chi connectivity index (χ2n) is 4.18. The number of hydrogen-bond acceptors (Lipinski definition) is 3. The Kier molecular flexibility index (Phi) is 5.78. The monoisotopic (exact) mass is 244 g/mol. The van der Waals surface area contributed by atoms with Gasteiger partial charge in [0.05, 0.1) is 0 Å². The Balaban J connectivity index is 0.00000144. The van der Waals surface area contributed by atoms with E-state index >= 15 is 0 Å². The maximum Gasteiger partial charge on any atom is 0.342 e. The van der Waals surface area contributed by atoms with E-state index in [1.54, 1.807) is 18.2 Å². The van der Waals surface area contributed by atoms with Gasteiger partial charge in [-0.1, -0.05) is 18.6 Å². The highest BCUT2D eigenvalue weighted by atomic mass is 24.3. The lowest BCUT2D eigenvalue weighted by Crippen LogP contribution is -2.20. The van der Waals surface area contributed by atoms with Gasteiger partial charge < -0.3 is 9.84 Å². The minimum absolute atomic E-state index is 0. The molecule has 0 atom stereocenters. The second kappa shape index (κ2) is 6.86. The number of aromatic hydroxyl groups is 1. The van der Waals surface area contributed by atoms with Crippen LogP contribution in [0.4, 0.5) is 0 Å². The lowest BCUT2D eigenvalue weighted by atomic mass is 9.98. The molecule has 4 heteroatoms. The predicted molar refractivity (Wildman–Crippen MR) is 66.1 cm³/mol. The zero-order valence-electron chi connectivity index (χ0n) is 9.89. The molecule has 88 valence electrons. The first-order valence-electron chi connectivity index (χ1n) is 5.76. The quantitative estimate of drug-likeness (QED) is 0.642. The van der Waals surface area contributed by atoms with Gasteiger partial charge in [-0.15, -0.1) is 0 Å². The Morgan fingerprint density at radius 1 is 1.18 bits per heavy atom. The molecular weight excluding hydrogens is 228 g/mol. The maximum absolute atomic E-state index is 11.8. The summed E-state index contributed by atoms with van der Waals surface area (Å²) in [4.78, 5) is 11.8. The van der Waals surface area contributed by atoms with E-state index in [0.717, 1.165) is 25.7 Å². The third kappa shape index (κ3) is 3.89. The number of esters is 1. The van der Waals surface area contributed by atoms with E-state index in [0.29, 0.717) is 0 Å². The van der Waals surface area contributed by atoms with Crippen LogP contribution in [0, 0.1) is 0 Å². The van der Waals surface area contributed by atoms with E-state index in [9.17, 15) is 9.90 Å². The summed E-state index contributed by atoms with van der Waals surface area (Å²) in [6.07, 6.45) is 5.39. The molecule has 2 rings (SSSR count). The van der Waals surface area contributed by atoms with Crippen LogP contribution in [0.3, 0.4) is 0 Å². The Labute approximate surface area is 117 Å². The molecule has 1 aliphatic carbocycles. The number of ether oxygens (including phenoxy) is 1. The molecule has 1 fully saturated rings. The van der Waals surface area contributed by atoms with Gasteiger partial charge in [-0.05, 0) is 37.8 Å². The summed E-state index contributed by atoms with van der Waals surface area (Å²) in [5.41, 5.74) is 0.257. The van der Waals surface area contributed by atoms with Crippen molar-refractivity contribution in [2.24, 2.45) is 0 Å². The Bertz CT molecular complexity index is 373. The van der Waals surface area contributed by atoms with Gasteiger partial charge in [0.15, 0.2) is 0 Å². The van der Waals surface area contributed by atoms with Crippen molar-refractivity contribution >= 4 is 29.0 Å². The Morgan fingerprint density at radius 3 is 2.47 bits per heavy atom. The number of carbonyl (C=O) groups is 1. The minimum Gasteiger partial charge on any atom is -0.507 e. The Morgan fingerprint density at radius 2 is 1.82 bits per heavy atom. The zero-order chi connectivity index (χ0) is 11.4. The van der Waals surface area contributed by atoms with Crippen molar-refractivity contribution in [1.82, 2.24) is 0 Å². The van der Waals surface area contributed by atoms with E-state index in [4.69, 9.17) is 4.74 Å². The highest BCUT2D eigenvalue weighted by Crippen LogP contribution is 2.23. The molecule has 0 aromatic heterocycles. The molecule has 0 spiro atoms. The summed E-state index contributed by atoms with van der Waals surface area (Å²) < 4.78 is 5.36. The first kappa shape index (κ1) is 14.3. The van der Waals surface area contributed by atoms with Crippen molar-refractivity contribution in [3.05, 3.63) is 29.8 Å². The topological polar surface area (TPSA) is 46.5 Å². The summed E-state index contributed by atoms with van der Waals surface area (Å²) in [5.74, 6) is -0.423. The normalized spacial score (nSPS) is 16.0. The lowest BCUT2D eigenvalue weighted by molar-refractivity contribution is 0.0208. The highest BCUT2D eigenvalue weighted by molar-refractivity contribution is 5.92. The zero-order valence-corrected chi connectivity index (χ0v) is 11.3. The van der Waals surface area contributed by atoms with Crippen LogP contribution in [0.5, 0.6) is 5.75 Å². The molecule has 0 unspecified atom stereocenters. The molecular formula is C13H16MgO3. The lowest BCUT2D eigenvalue weighted by Gasteiger charge is -2.21. The van der Waals surface area contributed by atoms with Gasteiger partial charge in [0.1, 0.15) is 17.4 Å². The fourth-order valence-corrected chi connectivity index (χ4v) is 2.04. The summed E-state index contributed by atoms with van der Waals surface area (Å²) in [5, 5.41) is 9.51. The summed E-state index contributed by atoms with van der Waals surface area (Å²) >= 11 is 0. The van der Waals surface area contributed by atoms with Crippen LogP contribution in [-0.2, 0) is 4.74 Å². The van der Waals surface area contributed by atoms with E-state index in [-0.39, 0.29) is 40.5 Å². The molecule has 0 saturated heterocycles.